The molecule has 0 amide bonds. The Hall–Kier alpha value is -1.00. The van der Waals surface area contributed by atoms with Gasteiger partial charge in [-0.25, -0.2) is 0 Å². The summed E-state index contributed by atoms with van der Waals surface area (Å²) in [5.41, 5.74) is 1.86. The molecule has 1 nitrogen and oxygen atoms in total. The monoisotopic (exact) mass is 177 g/mol. The van der Waals surface area contributed by atoms with Crippen LogP contribution in [0, 0.1) is 11.3 Å². The molecule has 0 heterocycles. The lowest BCUT2D eigenvalue weighted by molar-refractivity contribution is 1.13. The second-order valence-corrected chi connectivity index (χ2v) is 3.53. The number of halogens is 1. The first kappa shape index (κ1) is 7.64. The van der Waals surface area contributed by atoms with Crippen LogP contribution in [0.5, 0.6) is 0 Å². The molecule has 12 heavy (non-hydrogen) atoms. The molecule has 2 rings (SSSR count). The van der Waals surface area contributed by atoms with Crippen LogP contribution in [0.4, 0.5) is 0 Å². The van der Waals surface area contributed by atoms with Gasteiger partial charge >= 0.3 is 0 Å². The van der Waals surface area contributed by atoms with Gasteiger partial charge in [0.2, 0.25) is 0 Å². The van der Waals surface area contributed by atoms with Crippen molar-refractivity contribution in [2.24, 2.45) is 0 Å². The summed E-state index contributed by atoms with van der Waals surface area (Å²) in [4.78, 5) is 0. The molecule has 0 bridgehead atoms. The zero-order valence-electron chi connectivity index (χ0n) is 6.55. The lowest BCUT2D eigenvalue weighted by atomic mass is 10.1. The highest BCUT2D eigenvalue weighted by Crippen LogP contribution is 2.43. The third-order valence-corrected chi connectivity index (χ3v) is 2.49. The van der Waals surface area contributed by atoms with Gasteiger partial charge in [-0.3, -0.25) is 0 Å². The van der Waals surface area contributed by atoms with Crippen LogP contribution in [0.3, 0.4) is 0 Å². The minimum Gasteiger partial charge on any atom is -0.192 e. The summed E-state index contributed by atoms with van der Waals surface area (Å²) in [5.74, 6) is 0.616. The number of hydrogen-bond acceptors (Lipinski definition) is 1. The summed E-state index contributed by atoms with van der Waals surface area (Å²) in [7, 11) is 0. The van der Waals surface area contributed by atoms with E-state index in [2.05, 4.69) is 6.07 Å². The minimum atomic E-state index is 0.616. The van der Waals surface area contributed by atoms with Crippen molar-refractivity contribution in [3.63, 3.8) is 0 Å². The van der Waals surface area contributed by atoms with Crippen LogP contribution in [0.2, 0.25) is 5.02 Å². The number of nitriles is 1. The topological polar surface area (TPSA) is 23.8 Å². The normalized spacial score (nSPS) is 15.7. The maximum atomic E-state index is 8.66. The van der Waals surface area contributed by atoms with Crippen molar-refractivity contribution in [2.45, 2.75) is 18.8 Å². The van der Waals surface area contributed by atoms with Crippen molar-refractivity contribution in [1.82, 2.24) is 0 Å². The summed E-state index contributed by atoms with van der Waals surface area (Å²) >= 11 is 5.98. The average Bonchev–Trinajstić information content (AvgIpc) is 2.88. The third-order valence-electron chi connectivity index (χ3n) is 2.14. The molecule has 0 spiro atoms. The molecule has 0 aromatic heterocycles. The van der Waals surface area contributed by atoms with Crippen LogP contribution in [-0.2, 0) is 0 Å². The first-order valence-corrected chi connectivity index (χ1v) is 4.38. The Morgan fingerprint density at radius 3 is 2.75 bits per heavy atom. The van der Waals surface area contributed by atoms with Gasteiger partial charge in [-0.2, -0.15) is 5.26 Å². The van der Waals surface area contributed by atoms with Gasteiger partial charge in [-0.05, 0) is 42.5 Å². The fourth-order valence-electron chi connectivity index (χ4n) is 1.32. The second kappa shape index (κ2) is 2.80. The van der Waals surface area contributed by atoms with Gasteiger partial charge in [0.1, 0.15) is 0 Å². The van der Waals surface area contributed by atoms with E-state index in [1.54, 1.807) is 6.07 Å². The predicted molar refractivity (Wildman–Crippen MR) is 48.1 cm³/mol. The highest BCUT2D eigenvalue weighted by atomic mass is 35.5. The van der Waals surface area contributed by atoms with Gasteiger partial charge < -0.3 is 0 Å². The molecule has 0 aliphatic heterocycles. The van der Waals surface area contributed by atoms with E-state index in [0.717, 1.165) is 10.6 Å². The van der Waals surface area contributed by atoms with Crippen LogP contribution in [-0.4, -0.2) is 0 Å². The van der Waals surface area contributed by atoms with Gasteiger partial charge in [0.15, 0.2) is 0 Å². The lowest BCUT2D eigenvalue weighted by Crippen LogP contribution is -1.83. The molecule has 1 saturated carbocycles. The maximum Gasteiger partial charge on any atom is 0.0991 e. The number of benzene rings is 1. The van der Waals surface area contributed by atoms with Gasteiger partial charge in [-0.1, -0.05) is 11.6 Å². The van der Waals surface area contributed by atoms with E-state index >= 15 is 0 Å². The molecular formula is C10H8ClN. The smallest absolute Gasteiger partial charge is 0.0991 e. The Bertz CT molecular complexity index is 347. The standard InChI is InChI=1S/C10H8ClN/c11-10-4-1-7(6-12)5-9(10)8-2-3-8/h1,4-5,8H,2-3H2. The molecule has 0 radical (unpaired) electrons. The molecule has 0 N–H and O–H groups in total. The first-order chi connectivity index (χ1) is 5.81. The molecule has 1 fully saturated rings. The summed E-state index contributed by atoms with van der Waals surface area (Å²) < 4.78 is 0. The van der Waals surface area contributed by atoms with Crippen LogP contribution >= 0.6 is 11.6 Å². The molecule has 0 atom stereocenters. The van der Waals surface area contributed by atoms with Crippen LogP contribution in [0.15, 0.2) is 18.2 Å². The lowest BCUT2D eigenvalue weighted by Gasteiger charge is -2.00. The number of rotatable bonds is 1. The highest BCUT2D eigenvalue weighted by Gasteiger charge is 2.25. The molecular weight excluding hydrogens is 170 g/mol. The summed E-state index contributed by atoms with van der Waals surface area (Å²) in [6.07, 6.45) is 2.43. The van der Waals surface area contributed by atoms with Crippen molar-refractivity contribution < 1.29 is 0 Å². The summed E-state index contributed by atoms with van der Waals surface area (Å²) in [5, 5.41) is 9.46. The van der Waals surface area contributed by atoms with Crippen LogP contribution in [0.25, 0.3) is 0 Å². The van der Waals surface area contributed by atoms with Gasteiger partial charge in [0.25, 0.3) is 0 Å². The molecule has 1 aromatic rings. The molecule has 0 saturated heterocycles. The number of nitrogens with zero attached hydrogens (tertiary/aromatic N) is 1. The molecule has 1 aromatic carbocycles. The van der Waals surface area contributed by atoms with Gasteiger partial charge in [0, 0.05) is 5.02 Å². The van der Waals surface area contributed by atoms with E-state index in [1.165, 1.54) is 12.8 Å². The Kier molecular flexibility index (Phi) is 1.78. The summed E-state index contributed by atoms with van der Waals surface area (Å²) in [6, 6.07) is 7.59. The van der Waals surface area contributed by atoms with Crippen molar-refractivity contribution in [1.29, 1.82) is 5.26 Å². The SMILES string of the molecule is N#Cc1ccc(Cl)c(C2CC2)c1. The van der Waals surface area contributed by atoms with E-state index in [-0.39, 0.29) is 0 Å². The zero-order chi connectivity index (χ0) is 8.55. The fraction of sp³-hybridized carbons (Fsp3) is 0.300. The zero-order valence-corrected chi connectivity index (χ0v) is 7.30. The Morgan fingerprint density at radius 1 is 1.42 bits per heavy atom. The maximum absolute atomic E-state index is 8.66. The Balaban J connectivity index is 2.44. The van der Waals surface area contributed by atoms with Gasteiger partial charge in [-0.15, -0.1) is 0 Å². The highest BCUT2D eigenvalue weighted by molar-refractivity contribution is 6.31. The average molecular weight is 178 g/mol. The largest absolute Gasteiger partial charge is 0.192 e. The first-order valence-electron chi connectivity index (χ1n) is 4.01. The number of hydrogen-bond donors (Lipinski definition) is 0. The van der Waals surface area contributed by atoms with Crippen molar-refractivity contribution in [3.8, 4) is 6.07 Å². The predicted octanol–water partition coefficient (Wildman–Crippen LogP) is 3.09. The molecule has 60 valence electrons. The molecule has 0 unspecified atom stereocenters. The third kappa shape index (κ3) is 1.31. The summed E-state index contributed by atoms with van der Waals surface area (Å²) in [6.45, 7) is 0. The second-order valence-electron chi connectivity index (χ2n) is 3.12. The Morgan fingerprint density at radius 2 is 2.17 bits per heavy atom. The fourth-order valence-corrected chi connectivity index (χ4v) is 1.59. The van der Waals surface area contributed by atoms with Crippen molar-refractivity contribution in [3.05, 3.63) is 34.3 Å². The van der Waals surface area contributed by atoms with E-state index in [1.807, 2.05) is 12.1 Å². The molecule has 2 heteroatoms. The van der Waals surface area contributed by atoms with E-state index in [9.17, 15) is 0 Å². The van der Waals surface area contributed by atoms with Crippen molar-refractivity contribution in [2.75, 3.05) is 0 Å². The van der Waals surface area contributed by atoms with E-state index < -0.39 is 0 Å². The molecule has 1 aliphatic rings. The minimum absolute atomic E-state index is 0.616. The van der Waals surface area contributed by atoms with Crippen LogP contribution < -0.4 is 0 Å². The quantitative estimate of drug-likeness (QED) is 0.647. The Labute approximate surface area is 76.6 Å². The molecule has 1 aliphatic carbocycles. The van der Waals surface area contributed by atoms with Gasteiger partial charge in [0.05, 0.1) is 11.6 Å². The van der Waals surface area contributed by atoms with E-state index in [4.69, 9.17) is 16.9 Å². The van der Waals surface area contributed by atoms with E-state index in [0.29, 0.717) is 11.5 Å². The van der Waals surface area contributed by atoms with Crippen molar-refractivity contribution >= 4 is 11.6 Å². The van der Waals surface area contributed by atoms with Crippen LogP contribution in [0.1, 0.15) is 29.9 Å².